The number of aryl methyl sites for hydroxylation is 1. The second-order valence-corrected chi connectivity index (χ2v) is 6.32. The molecule has 1 heterocycles. The van der Waals surface area contributed by atoms with Gasteiger partial charge in [-0.25, -0.2) is 9.38 Å². The molecule has 0 atom stereocenters. The van der Waals surface area contributed by atoms with Crippen LogP contribution in [0.15, 0.2) is 27.7 Å². The predicted molar refractivity (Wildman–Crippen MR) is 99.2 cm³/mol. The number of halogens is 1. The molecule has 1 aromatic carbocycles. The molecule has 8 heteroatoms. The smallest absolute Gasteiger partial charge is 0.228 e. The average molecular weight is 365 g/mol. The highest BCUT2D eigenvalue weighted by Crippen LogP contribution is 2.17. The fraction of sp³-hybridized carbons (Fsp3) is 0.471. The van der Waals surface area contributed by atoms with E-state index < -0.39 is 0 Å². The van der Waals surface area contributed by atoms with Crippen LogP contribution in [0.5, 0.6) is 0 Å². The van der Waals surface area contributed by atoms with Crippen LogP contribution < -0.4 is 10.6 Å². The molecule has 0 unspecified atom stereocenters. The highest BCUT2D eigenvalue weighted by Gasteiger charge is 2.06. The molecule has 0 fully saturated rings. The molecule has 0 bridgehead atoms. The number of aliphatic imine (C=N–C) groups is 1. The van der Waals surface area contributed by atoms with Crippen LogP contribution in [0.1, 0.15) is 29.8 Å². The zero-order valence-electron chi connectivity index (χ0n) is 14.8. The van der Waals surface area contributed by atoms with E-state index in [9.17, 15) is 4.39 Å². The van der Waals surface area contributed by atoms with Crippen molar-refractivity contribution in [3.8, 4) is 0 Å². The molecule has 2 N–H and O–H groups in total. The van der Waals surface area contributed by atoms with Gasteiger partial charge in [-0.2, -0.15) is 16.7 Å². The summed E-state index contributed by atoms with van der Waals surface area (Å²) in [5.74, 6) is 2.49. The molecule has 0 radical (unpaired) electrons. The lowest BCUT2D eigenvalue weighted by atomic mass is 10.1. The summed E-state index contributed by atoms with van der Waals surface area (Å²) < 4.78 is 18.5. The van der Waals surface area contributed by atoms with Gasteiger partial charge in [0.2, 0.25) is 5.89 Å². The number of hydrogen-bond acceptors (Lipinski definition) is 5. The molecule has 0 aliphatic heterocycles. The molecule has 2 rings (SSSR count). The second-order valence-electron chi connectivity index (χ2n) is 5.45. The Morgan fingerprint density at radius 2 is 2.16 bits per heavy atom. The largest absolute Gasteiger partial charge is 0.357 e. The van der Waals surface area contributed by atoms with Crippen molar-refractivity contribution in [2.75, 3.05) is 19.3 Å². The van der Waals surface area contributed by atoms with Gasteiger partial charge < -0.3 is 15.2 Å². The molecule has 0 saturated carbocycles. The van der Waals surface area contributed by atoms with Crippen LogP contribution in [0.4, 0.5) is 4.39 Å². The summed E-state index contributed by atoms with van der Waals surface area (Å²) >= 11 is 1.67. The van der Waals surface area contributed by atoms with E-state index in [4.69, 9.17) is 4.52 Å². The van der Waals surface area contributed by atoms with E-state index in [2.05, 4.69) is 25.8 Å². The van der Waals surface area contributed by atoms with Gasteiger partial charge in [-0.15, -0.1) is 0 Å². The Kier molecular flexibility index (Phi) is 7.72. The van der Waals surface area contributed by atoms with Crippen molar-refractivity contribution >= 4 is 17.7 Å². The summed E-state index contributed by atoms with van der Waals surface area (Å²) in [6.07, 6.45) is 2.63. The number of rotatable bonds is 8. The summed E-state index contributed by atoms with van der Waals surface area (Å²) in [7, 11) is 0. The quantitative estimate of drug-likeness (QED) is 0.553. The van der Waals surface area contributed by atoms with Gasteiger partial charge in [0.1, 0.15) is 5.82 Å². The molecule has 1 aromatic heterocycles. The topological polar surface area (TPSA) is 75.3 Å². The van der Waals surface area contributed by atoms with E-state index in [0.29, 0.717) is 37.2 Å². The Labute approximate surface area is 151 Å². The lowest BCUT2D eigenvalue weighted by molar-refractivity contribution is 0.374. The maximum atomic E-state index is 13.4. The van der Waals surface area contributed by atoms with Crippen LogP contribution >= 0.6 is 11.8 Å². The van der Waals surface area contributed by atoms with Crippen LogP contribution in [0.3, 0.4) is 0 Å². The number of nitrogens with zero attached hydrogens (tertiary/aromatic N) is 3. The summed E-state index contributed by atoms with van der Waals surface area (Å²) in [5, 5.41) is 10.2. The van der Waals surface area contributed by atoms with E-state index in [-0.39, 0.29) is 5.82 Å². The SMILES string of the molecule is CCNC(=NCc1ccc(F)cc1CSC)NCCc1nc(C)no1. The van der Waals surface area contributed by atoms with E-state index in [1.54, 1.807) is 30.8 Å². The van der Waals surface area contributed by atoms with E-state index in [1.165, 1.54) is 6.07 Å². The van der Waals surface area contributed by atoms with Crippen LogP contribution in [0.2, 0.25) is 0 Å². The fourth-order valence-corrected chi connectivity index (χ4v) is 2.85. The summed E-state index contributed by atoms with van der Waals surface area (Å²) in [4.78, 5) is 8.76. The number of guanidine groups is 1. The summed E-state index contributed by atoms with van der Waals surface area (Å²) in [5.41, 5.74) is 2.01. The van der Waals surface area contributed by atoms with Gasteiger partial charge in [-0.3, -0.25) is 0 Å². The number of hydrogen-bond donors (Lipinski definition) is 2. The first kappa shape index (κ1) is 19.2. The molecule has 0 saturated heterocycles. The Bertz CT molecular complexity index is 704. The Morgan fingerprint density at radius 1 is 1.32 bits per heavy atom. The third kappa shape index (κ3) is 6.38. The van der Waals surface area contributed by atoms with Crippen molar-refractivity contribution in [3.05, 3.63) is 46.9 Å². The third-order valence-corrected chi connectivity index (χ3v) is 4.02. The van der Waals surface area contributed by atoms with Gasteiger partial charge in [0.15, 0.2) is 11.8 Å². The monoisotopic (exact) mass is 365 g/mol. The third-order valence-electron chi connectivity index (χ3n) is 3.42. The van der Waals surface area contributed by atoms with Crippen LogP contribution in [-0.2, 0) is 18.7 Å². The Morgan fingerprint density at radius 3 is 2.84 bits per heavy atom. The standard InChI is InChI=1S/C17H24FN5OS/c1-4-19-17(20-8-7-16-22-12(2)23-24-16)21-10-13-5-6-15(18)9-14(13)11-25-3/h5-6,9H,4,7-8,10-11H2,1-3H3,(H2,19,20,21). The average Bonchev–Trinajstić information content (AvgIpc) is 2.99. The lowest BCUT2D eigenvalue weighted by Gasteiger charge is -2.12. The Balaban J connectivity index is 1.96. The van der Waals surface area contributed by atoms with Gasteiger partial charge in [0, 0.05) is 25.3 Å². The van der Waals surface area contributed by atoms with Gasteiger partial charge in [0.05, 0.1) is 6.54 Å². The number of benzene rings is 1. The van der Waals surface area contributed by atoms with Gasteiger partial charge in [-0.1, -0.05) is 11.2 Å². The molecular weight excluding hydrogens is 341 g/mol. The second kappa shape index (κ2) is 10.0. The first-order valence-electron chi connectivity index (χ1n) is 8.20. The molecule has 2 aromatic rings. The maximum absolute atomic E-state index is 13.4. The van der Waals surface area contributed by atoms with Crippen molar-refractivity contribution in [2.24, 2.45) is 4.99 Å². The van der Waals surface area contributed by atoms with Gasteiger partial charge >= 0.3 is 0 Å². The maximum Gasteiger partial charge on any atom is 0.228 e. The van der Waals surface area contributed by atoms with Crippen LogP contribution in [0.25, 0.3) is 0 Å². The zero-order valence-corrected chi connectivity index (χ0v) is 15.6. The molecule has 0 spiro atoms. The van der Waals surface area contributed by atoms with Gasteiger partial charge in [-0.05, 0) is 43.4 Å². The van der Waals surface area contributed by atoms with Crippen molar-refractivity contribution in [1.29, 1.82) is 0 Å². The molecule has 136 valence electrons. The molecule has 0 amide bonds. The number of thioether (sulfide) groups is 1. The van der Waals surface area contributed by atoms with Crippen molar-refractivity contribution < 1.29 is 8.91 Å². The fourth-order valence-electron chi connectivity index (χ4n) is 2.27. The van der Waals surface area contributed by atoms with Gasteiger partial charge in [0.25, 0.3) is 0 Å². The predicted octanol–water partition coefficient (Wildman–Crippen LogP) is 2.68. The normalized spacial score (nSPS) is 11.6. The highest BCUT2D eigenvalue weighted by atomic mass is 32.2. The number of aromatic nitrogens is 2. The van der Waals surface area contributed by atoms with Crippen molar-refractivity contribution in [2.45, 2.75) is 32.6 Å². The highest BCUT2D eigenvalue weighted by molar-refractivity contribution is 7.97. The molecule has 6 nitrogen and oxygen atoms in total. The lowest BCUT2D eigenvalue weighted by Crippen LogP contribution is -2.38. The number of nitrogens with one attached hydrogen (secondary N) is 2. The minimum Gasteiger partial charge on any atom is -0.357 e. The summed E-state index contributed by atoms with van der Waals surface area (Å²) in [6.45, 7) is 5.68. The van der Waals surface area contributed by atoms with Crippen LogP contribution in [-0.4, -0.2) is 35.4 Å². The zero-order chi connectivity index (χ0) is 18.1. The van der Waals surface area contributed by atoms with E-state index in [1.807, 2.05) is 13.2 Å². The molecule has 25 heavy (non-hydrogen) atoms. The van der Waals surface area contributed by atoms with E-state index in [0.717, 1.165) is 23.4 Å². The Hall–Kier alpha value is -2.09. The molecule has 0 aliphatic rings. The summed E-state index contributed by atoms with van der Waals surface area (Å²) in [6, 6.07) is 4.86. The van der Waals surface area contributed by atoms with Crippen molar-refractivity contribution in [1.82, 2.24) is 20.8 Å². The first-order chi connectivity index (χ1) is 12.1. The minimum atomic E-state index is -0.211. The van der Waals surface area contributed by atoms with Crippen molar-refractivity contribution in [3.63, 3.8) is 0 Å². The van der Waals surface area contributed by atoms with Crippen LogP contribution in [0, 0.1) is 12.7 Å². The minimum absolute atomic E-state index is 0.211. The molecule has 0 aliphatic carbocycles. The first-order valence-corrected chi connectivity index (χ1v) is 9.59. The molecular formula is C17H24FN5OS. The van der Waals surface area contributed by atoms with E-state index >= 15 is 0 Å².